The number of aryl methyl sites for hydroxylation is 1. The molecule has 1 aliphatic rings. The third-order valence-corrected chi connectivity index (χ3v) is 3.43. The van der Waals surface area contributed by atoms with Crippen molar-refractivity contribution in [3.05, 3.63) is 42.2 Å². The summed E-state index contributed by atoms with van der Waals surface area (Å²) in [5.41, 5.74) is 0.344. The number of hydrogen-bond donors (Lipinski definition) is 1. The first-order valence-corrected chi connectivity index (χ1v) is 7.51. The van der Waals surface area contributed by atoms with Gasteiger partial charge in [-0.15, -0.1) is 0 Å². The Morgan fingerprint density at radius 2 is 1.96 bits per heavy atom. The van der Waals surface area contributed by atoms with E-state index in [0.717, 1.165) is 0 Å². The molecule has 1 aliphatic heterocycles. The number of ether oxygens (including phenoxy) is 2. The first kappa shape index (κ1) is 16.4. The molecule has 24 heavy (non-hydrogen) atoms. The summed E-state index contributed by atoms with van der Waals surface area (Å²) >= 11 is 0. The maximum atomic E-state index is 12.3. The van der Waals surface area contributed by atoms with Gasteiger partial charge in [-0.2, -0.15) is 13.2 Å². The third kappa shape index (κ3) is 4.50. The van der Waals surface area contributed by atoms with E-state index >= 15 is 0 Å². The maximum absolute atomic E-state index is 12.3. The third-order valence-electron chi connectivity index (χ3n) is 3.43. The second-order valence-electron chi connectivity index (χ2n) is 5.37. The molecule has 1 aromatic heterocycles. The number of benzene rings is 1. The average Bonchev–Trinajstić information content (AvgIpc) is 2.58. The molecule has 128 valence electrons. The molecule has 0 fully saturated rings. The lowest BCUT2D eigenvalue weighted by Gasteiger charge is -2.26. The standard InChI is InChI=1S/C16H16F3N3O2/c17-16(18,19)7-5-11-6-8-20-15(22-11)21-9-12-10-23-13-3-1-2-4-14(13)24-12/h1-4,6,8,12H,5,7,9-10H2,(H,20,21,22). The summed E-state index contributed by atoms with van der Waals surface area (Å²) in [5, 5.41) is 2.97. The van der Waals surface area contributed by atoms with Crippen LogP contribution in [-0.4, -0.2) is 35.4 Å². The zero-order chi connectivity index (χ0) is 17.0. The van der Waals surface area contributed by atoms with Crippen LogP contribution < -0.4 is 14.8 Å². The van der Waals surface area contributed by atoms with Gasteiger partial charge in [0.25, 0.3) is 0 Å². The molecule has 5 nitrogen and oxygen atoms in total. The Hall–Kier alpha value is -2.51. The summed E-state index contributed by atoms with van der Waals surface area (Å²) in [5.74, 6) is 1.63. The fourth-order valence-electron chi connectivity index (χ4n) is 2.26. The lowest BCUT2D eigenvalue weighted by atomic mass is 10.2. The molecule has 0 bridgehead atoms. The van der Waals surface area contributed by atoms with E-state index in [1.165, 1.54) is 12.3 Å². The van der Waals surface area contributed by atoms with E-state index in [1.807, 2.05) is 24.3 Å². The molecule has 8 heteroatoms. The lowest BCUT2D eigenvalue weighted by molar-refractivity contribution is -0.134. The van der Waals surface area contributed by atoms with E-state index < -0.39 is 12.6 Å². The first-order chi connectivity index (χ1) is 11.5. The zero-order valence-corrected chi connectivity index (χ0v) is 12.7. The van der Waals surface area contributed by atoms with Gasteiger partial charge in [0.05, 0.1) is 6.54 Å². The highest BCUT2D eigenvalue weighted by molar-refractivity contribution is 5.41. The van der Waals surface area contributed by atoms with Crippen LogP contribution >= 0.6 is 0 Å². The van der Waals surface area contributed by atoms with Crippen LogP contribution in [0.15, 0.2) is 36.5 Å². The predicted molar refractivity (Wildman–Crippen MR) is 81.3 cm³/mol. The molecule has 1 unspecified atom stereocenters. The van der Waals surface area contributed by atoms with Gasteiger partial charge < -0.3 is 14.8 Å². The van der Waals surface area contributed by atoms with Gasteiger partial charge in [0.1, 0.15) is 12.7 Å². The molecule has 0 saturated heterocycles. The normalized spacial score (nSPS) is 16.7. The number of fused-ring (bicyclic) bond motifs is 1. The second kappa shape index (κ2) is 6.94. The highest BCUT2D eigenvalue weighted by Crippen LogP contribution is 2.30. The Balaban J connectivity index is 1.54. The van der Waals surface area contributed by atoms with Gasteiger partial charge >= 0.3 is 6.18 Å². The van der Waals surface area contributed by atoms with Crippen LogP contribution in [0.1, 0.15) is 12.1 Å². The number of alkyl halides is 3. The largest absolute Gasteiger partial charge is 0.486 e. The minimum absolute atomic E-state index is 0.170. The SMILES string of the molecule is FC(F)(F)CCc1ccnc(NCC2COc3ccccc3O2)n1. The summed E-state index contributed by atoms with van der Waals surface area (Å²) in [7, 11) is 0. The smallest absolute Gasteiger partial charge is 0.389 e. The van der Waals surface area contributed by atoms with Gasteiger partial charge in [0, 0.05) is 18.3 Å². The Bertz CT molecular complexity index is 694. The van der Waals surface area contributed by atoms with Crippen molar-refractivity contribution in [1.29, 1.82) is 0 Å². The highest BCUT2D eigenvalue weighted by Gasteiger charge is 2.27. The van der Waals surface area contributed by atoms with Crippen LogP contribution in [0, 0.1) is 0 Å². The van der Waals surface area contributed by atoms with Gasteiger partial charge in [-0.3, -0.25) is 0 Å². The van der Waals surface area contributed by atoms with Gasteiger partial charge in [0.2, 0.25) is 5.95 Å². The van der Waals surface area contributed by atoms with Crippen molar-refractivity contribution in [2.45, 2.75) is 25.1 Å². The molecule has 1 atom stereocenters. The maximum Gasteiger partial charge on any atom is 0.389 e. The summed E-state index contributed by atoms with van der Waals surface area (Å²) in [6.45, 7) is 0.759. The first-order valence-electron chi connectivity index (χ1n) is 7.51. The summed E-state index contributed by atoms with van der Waals surface area (Å²) in [6.07, 6.45) is -4.06. The van der Waals surface area contributed by atoms with Crippen molar-refractivity contribution in [2.75, 3.05) is 18.5 Å². The zero-order valence-electron chi connectivity index (χ0n) is 12.7. The quantitative estimate of drug-likeness (QED) is 0.906. The number of rotatable bonds is 5. The Morgan fingerprint density at radius 3 is 2.75 bits per heavy atom. The van der Waals surface area contributed by atoms with E-state index in [9.17, 15) is 13.2 Å². The van der Waals surface area contributed by atoms with Crippen LogP contribution in [0.5, 0.6) is 11.5 Å². The predicted octanol–water partition coefficient (Wildman–Crippen LogP) is 3.22. The van der Waals surface area contributed by atoms with Crippen LogP contribution in [0.25, 0.3) is 0 Å². The number of halogens is 3. The molecule has 2 aromatic rings. The molecule has 0 spiro atoms. The summed E-state index contributed by atoms with van der Waals surface area (Å²) < 4.78 is 48.2. The van der Waals surface area contributed by atoms with Crippen LogP contribution in [0.3, 0.4) is 0 Å². The van der Waals surface area contributed by atoms with Gasteiger partial charge in [0.15, 0.2) is 11.5 Å². The minimum Gasteiger partial charge on any atom is -0.486 e. The van der Waals surface area contributed by atoms with E-state index in [-0.39, 0.29) is 18.5 Å². The van der Waals surface area contributed by atoms with E-state index in [1.54, 1.807) is 0 Å². The van der Waals surface area contributed by atoms with Crippen molar-refractivity contribution < 1.29 is 22.6 Å². The van der Waals surface area contributed by atoms with Gasteiger partial charge in [-0.25, -0.2) is 9.97 Å². The van der Waals surface area contributed by atoms with Crippen molar-refractivity contribution in [3.8, 4) is 11.5 Å². The van der Waals surface area contributed by atoms with Crippen molar-refractivity contribution in [3.63, 3.8) is 0 Å². The highest BCUT2D eigenvalue weighted by atomic mass is 19.4. The number of hydrogen-bond acceptors (Lipinski definition) is 5. The number of nitrogens with zero attached hydrogens (tertiary/aromatic N) is 2. The molecular weight excluding hydrogens is 323 g/mol. The van der Waals surface area contributed by atoms with Gasteiger partial charge in [-0.1, -0.05) is 12.1 Å². The van der Waals surface area contributed by atoms with Crippen LogP contribution in [0.4, 0.5) is 19.1 Å². The molecule has 0 amide bonds. The fraction of sp³-hybridized carbons (Fsp3) is 0.375. The van der Waals surface area contributed by atoms with E-state index in [0.29, 0.717) is 30.3 Å². The van der Waals surface area contributed by atoms with Gasteiger partial charge in [-0.05, 0) is 24.6 Å². The molecule has 0 saturated carbocycles. The van der Waals surface area contributed by atoms with Crippen molar-refractivity contribution >= 4 is 5.95 Å². The van der Waals surface area contributed by atoms with E-state index in [4.69, 9.17) is 9.47 Å². The van der Waals surface area contributed by atoms with E-state index in [2.05, 4.69) is 15.3 Å². The molecule has 0 radical (unpaired) electrons. The topological polar surface area (TPSA) is 56.3 Å². The second-order valence-corrected chi connectivity index (χ2v) is 5.37. The van der Waals surface area contributed by atoms with Crippen LogP contribution in [-0.2, 0) is 6.42 Å². The monoisotopic (exact) mass is 339 g/mol. The molecule has 1 N–H and O–H groups in total. The van der Waals surface area contributed by atoms with Crippen molar-refractivity contribution in [2.24, 2.45) is 0 Å². The minimum atomic E-state index is -4.20. The fourth-order valence-corrected chi connectivity index (χ4v) is 2.26. The summed E-state index contributed by atoms with van der Waals surface area (Å²) in [4.78, 5) is 8.10. The lowest BCUT2D eigenvalue weighted by Crippen LogP contribution is -2.35. The molecular formula is C16H16F3N3O2. The Morgan fingerprint density at radius 1 is 1.17 bits per heavy atom. The Kier molecular flexibility index (Phi) is 4.73. The number of aromatic nitrogens is 2. The molecule has 3 rings (SSSR count). The number of para-hydroxylation sites is 2. The average molecular weight is 339 g/mol. The molecule has 2 heterocycles. The van der Waals surface area contributed by atoms with Crippen molar-refractivity contribution in [1.82, 2.24) is 9.97 Å². The summed E-state index contributed by atoms with van der Waals surface area (Å²) in [6, 6.07) is 8.83. The van der Waals surface area contributed by atoms with Crippen LogP contribution in [0.2, 0.25) is 0 Å². The number of nitrogens with one attached hydrogen (secondary N) is 1. The Labute approximate surface area is 136 Å². The molecule has 0 aliphatic carbocycles. The molecule has 1 aromatic carbocycles. The number of anilines is 1.